The number of carbonyl (C=O) groups is 1. The predicted octanol–water partition coefficient (Wildman–Crippen LogP) is 3.72. The normalized spacial score (nSPS) is 12.3. The van der Waals surface area contributed by atoms with Gasteiger partial charge in [0.1, 0.15) is 18.5 Å². The number of ether oxygens (including phenoxy) is 1. The molecule has 1 atom stereocenters. The van der Waals surface area contributed by atoms with Crippen LogP contribution in [0.5, 0.6) is 0 Å². The molecule has 168 valence electrons. The smallest absolute Gasteiger partial charge is 0.416 e. The van der Waals surface area contributed by atoms with Crippen molar-refractivity contribution in [3.8, 4) is 11.4 Å². The number of aliphatic hydroxyl groups is 2. The number of carbonyl (C=O) groups excluding carboxylic acids is 1. The second-order valence-electron chi connectivity index (χ2n) is 6.90. The molecule has 1 heterocycles. The predicted molar refractivity (Wildman–Crippen MR) is 110 cm³/mol. The minimum atomic E-state index is -4.50. The molecule has 0 spiro atoms. The maximum absolute atomic E-state index is 13.1. The number of rotatable bonds is 7. The van der Waals surface area contributed by atoms with Crippen molar-refractivity contribution in [3.05, 3.63) is 71.4 Å². The highest BCUT2D eigenvalue weighted by atomic mass is 19.4. The van der Waals surface area contributed by atoms with Crippen molar-refractivity contribution in [2.45, 2.75) is 19.2 Å². The fourth-order valence-electron chi connectivity index (χ4n) is 2.81. The molecule has 3 rings (SSSR count). The lowest BCUT2D eigenvalue weighted by molar-refractivity contribution is -0.137. The van der Waals surface area contributed by atoms with E-state index in [1.165, 1.54) is 18.2 Å². The van der Waals surface area contributed by atoms with Gasteiger partial charge in [-0.3, -0.25) is 0 Å². The van der Waals surface area contributed by atoms with Crippen molar-refractivity contribution in [1.29, 1.82) is 0 Å². The summed E-state index contributed by atoms with van der Waals surface area (Å²) < 4.78 is 44.2. The molecule has 3 N–H and O–H groups in total. The van der Waals surface area contributed by atoms with Gasteiger partial charge in [-0.25, -0.2) is 14.8 Å². The average molecular weight is 447 g/mol. The fraction of sp³-hybridized carbons (Fsp3) is 0.227. The van der Waals surface area contributed by atoms with E-state index in [1.54, 1.807) is 31.2 Å². The number of alkyl halides is 3. The van der Waals surface area contributed by atoms with Crippen LogP contribution < -0.4 is 5.32 Å². The number of aliphatic hydroxyl groups excluding tert-OH is 2. The van der Waals surface area contributed by atoms with Crippen molar-refractivity contribution >= 4 is 17.5 Å². The molecule has 0 bridgehead atoms. The van der Waals surface area contributed by atoms with Crippen LogP contribution in [0, 0.1) is 6.92 Å². The maximum Gasteiger partial charge on any atom is 0.416 e. The number of anilines is 2. The summed E-state index contributed by atoms with van der Waals surface area (Å²) >= 11 is 0. The quantitative estimate of drug-likeness (QED) is 0.474. The summed E-state index contributed by atoms with van der Waals surface area (Å²) in [6.07, 6.45) is -5.69. The van der Waals surface area contributed by atoms with Crippen LogP contribution in [-0.4, -0.2) is 45.5 Å². The minimum Gasteiger partial charge on any atom is -0.459 e. The van der Waals surface area contributed by atoms with Gasteiger partial charge in [-0.05, 0) is 31.2 Å². The monoisotopic (exact) mass is 447 g/mol. The molecule has 0 saturated heterocycles. The van der Waals surface area contributed by atoms with Crippen molar-refractivity contribution in [2.24, 2.45) is 0 Å². The molecule has 0 aliphatic rings. The van der Waals surface area contributed by atoms with E-state index < -0.39 is 30.4 Å². The maximum atomic E-state index is 13.1. The number of halogens is 3. The standard InChI is InChI=1S/C22H20F3N3O4/c1-13-9-19(28-20(26-13)14-5-4-6-15(10-14)22(23,24)25)27-18-8-3-2-7-17(18)21(31)32-12-16(30)11-29/h2-10,16,29-30H,11-12H2,1H3,(H,26,27,28). The number of nitrogens with zero attached hydrogens (tertiary/aromatic N) is 2. The minimum absolute atomic E-state index is 0.0877. The van der Waals surface area contributed by atoms with E-state index in [2.05, 4.69) is 15.3 Å². The Morgan fingerprint density at radius 1 is 1.12 bits per heavy atom. The number of hydrogen-bond donors (Lipinski definition) is 3. The van der Waals surface area contributed by atoms with Crippen LogP contribution >= 0.6 is 0 Å². The van der Waals surface area contributed by atoms with Crippen LogP contribution in [0.4, 0.5) is 24.7 Å². The summed E-state index contributed by atoms with van der Waals surface area (Å²) in [5.41, 5.74) is 0.365. The van der Waals surface area contributed by atoms with Crippen molar-refractivity contribution in [1.82, 2.24) is 9.97 Å². The molecule has 0 amide bonds. The fourth-order valence-corrected chi connectivity index (χ4v) is 2.81. The number of aromatic nitrogens is 2. The Bertz CT molecular complexity index is 1110. The van der Waals surface area contributed by atoms with Gasteiger partial charge in [0.2, 0.25) is 0 Å². The summed E-state index contributed by atoms with van der Waals surface area (Å²) in [5.74, 6) is -0.380. The molecule has 1 aromatic heterocycles. The van der Waals surface area contributed by atoms with Gasteiger partial charge in [0.05, 0.1) is 23.4 Å². The average Bonchev–Trinajstić information content (AvgIpc) is 2.76. The summed E-state index contributed by atoms with van der Waals surface area (Å²) in [6, 6.07) is 12.7. The van der Waals surface area contributed by atoms with E-state index in [0.717, 1.165) is 12.1 Å². The molecule has 1 unspecified atom stereocenters. The molecule has 0 aliphatic carbocycles. The molecule has 0 radical (unpaired) electrons. The van der Waals surface area contributed by atoms with Crippen LogP contribution in [0.1, 0.15) is 21.6 Å². The molecule has 10 heteroatoms. The zero-order valence-electron chi connectivity index (χ0n) is 16.9. The van der Waals surface area contributed by atoms with E-state index in [4.69, 9.17) is 9.84 Å². The molecule has 0 fully saturated rings. The molecule has 7 nitrogen and oxygen atoms in total. The van der Waals surface area contributed by atoms with Crippen LogP contribution in [0.3, 0.4) is 0 Å². The Kier molecular flexibility index (Phi) is 7.06. The topological polar surface area (TPSA) is 105 Å². The van der Waals surface area contributed by atoms with Crippen molar-refractivity contribution in [2.75, 3.05) is 18.5 Å². The van der Waals surface area contributed by atoms with E-state index >= 15 is 0 Å². The zero-order valence-corrected chi connectivity index (χ0v) is 16.9. The number of aryl methyl sites for hydroxylation is 1. The molecule has 2 aromatic carbocycles. The summed E-state index contributed by atoms with van der Waals surface area (Å²) in [7, 11) is 0. The number of nitrogens with one attached hydrogen (secondary N) is 1. The summed E-state index contributed by atoms with van der Waals surface area (Å²) in [4.78, 5) is 20.9. The highest BCUT2D eigenvalue weighted by Gasteiger charge is 2.30. The van der Waals surface area contributed by atoms with Gasteiger partial charge in [-0.1, -0.05) is 24.3 Å². The molecule has 3 aromatic rings. The van der Waals surface area contributed by atoms with Crippen LogP contribution in [-0.2, 0) is 10.9 Å². The lowest BCUT2D eigenvalue weighted by atomic mass is 10.1. The Hall–Kier alpha value is -3.50. The van der Waals surface area contributed by atoms with Crippen molar-refractivity contribution in [3.63, 3.8) is 0 Å². The van der Waals surface area contributed by atoms with Gasteiger partial charge in [-0.2, -0.15) is 13.2 Å². The van der Waals surface area contributed by atoms with Crippen LogP contribution in [0.15, 0.2) is 54.6 Å². The van der Waals surface area contributed by atoms with E-state index in [-0.39, 0.29) is 29.4 Å². The Morgan fingerprint density at radius 3 is 2.59 bits per heavy atom. The van der Waals surface area contributed by atoms with Gasteiger partial charge >= 0.3 is 12.1 Å². The Labute approximate surface area is 181 Å². The molecule has 32 heavy (non-hydrogen) atoms. The Morgan fingerprint density at radius 2 is 1.88 bits per heavy atom. The lowest BCUT2D eigenvalue weighted by Gasteiger charge is -2.14. The largest absolute Gasteiger partial charge is 0.459 e. The first-order valence-electron chi connectivity index (χ1n) is 9.53. The molecule has 0 saturated carbocycles. The van der Waals surface area contributed by atoms with Crippen molar-refractivity contribution < 1.29 is 32.9 Å². The second kappa shape index (κ2) is 9.75. The van der Waals surface area contributed by atoms with Gasteiger partial charge in [0.15, 0.2) is 5.82 Å². The van der Waals surface area contributed by atoms with Crippen LogP contribution in [0.2, 0.25) is 0 Å². The lowest BCUT2D eigenvalue weighted by Crippen LogP contribution is -2.22. The zero-order chi connectivity index (χ0) is 23.3. The third kappa shape index (κ3) is 5.80. The molecular weight excluding hydrogens is 427 g/mol. The first-order chi connectivity index (χ1) is 15.2. The number of esters is 1. The van der Waals surface area contributed by atoms with Crippen LogP contribution in [0.25, 0.3) is 11.4 Å². The van der Waals surface area contributed by atoms with E-state index in [9.17, 15) is 23.1 Å². The highest BCUT2D eigenvalue weighted by Crippen LogP contribution is 2.32. The molecule has 0 aliphatic heterocycles. The first-order valence-corrected chi connectivity index (χ1v) is 9.53. The first kappa shape index (κ1) is 23.2. The highest BCUT2D eigenvalue weighted by molar-refractivity contribution is 5.96. The Balaban J connectivity index is 1.89. The number of para-hydroxylation sites is 1. The SMILES string of the molecule is Cc1cc(Nc2ccccc2C(=O)OCC(O)CO)nc(-c2cccc(C(F)(F)F)c2)n1. The van der Waals surface area contributed by atoms with Gasteiger partial charge in [0.25, 0.3) is 0 Å². The van der Waals surface area contributed by atoms with E-state index in [0.29, 0.717) is 11.4 Å². The van der Waals surface area contributed by atoms with Gasteiger partial charge < -0.3 is 20.3 Å². The number of hydrogen-bond acceptors (Lipinski definition) is 7. The van der Waals surface area contributed by atoms with E-state index in [1.807, 2.05) is 0 Å². The third-order valence-electron chi connectivity index (χ3n) is 4.33. The number of benzene rings is 2. The van der Waals surface area contributed by atoms with Gasteiger partial charge in [-0.15, -0.1) is 0 Å². The summed E-state index contributed by atoms with van der Waals surface area (Å²) in [6.45, 7) is 0.738. The molecular formula is C22H20F3N3O4. The summed E-state index contributed by atoms with van der Waals surface area (Å²) in [5, 5.41) is 21.2. The van der Waals surface area contributed by atoms with Gasteiger partial charge in [0, 0.05) is 17.3 Å². The second-order valence-corrected chi connectivity index (χ2v) is 6.90. The third-order valence-corrected chi connectivity index (χ3v) is 4.33.